The first-order valence-corrected chi connectivity index (χ1v) is 28.3. The van der Waals surface area contributed by atoms with Crippen LogP contribution in [0.1, 0.15) is 76.0 Å². The fourth-order valence-corrected chi connectivity index (χ4v) is 8.08. The van der Waals surface area contributed by atoms with E-state index < -0.39 is 59.2 Å². The van der Waals surface area contributed by atoms with Gasteiger partial charge in [-0.3, -0.25) is 33.6 Å². The van der Waals surface area contributed by atoms with Gasteiger partial charge in [0.15, 0.2) is 0 Å². The Hall–Kier alpha value is -6.48. The van der Waals surface area contributed by atoms with Gasteiger partial charge in [-0.2, -0.15) is 0 Å². The zero-order valence-electron chi connectivity index (χ0n) is 41.6. The van der Waals surface area contributed by atoms with E-state index in [1.54, 1.807) is 0 Å². The molecular formula is C46H67N11O16S3. The van der Waals surface area contributed by atoms with Gasteiger partial charge in [-0.15, -0.1) is 0 Å². The van der Waals surface area contributed by atoms with E-state index in [1.165, 1.54) is 72.8 Å². The maximum absolute atomic E-state index is 13.0. The van der Waals surface area contributed by atoms with E-state index in [0.717, 1.165) is 0 Å². The van der Waals surface area contributed by atoms with Crippen molar-refractivity contribution >= 4 is 71.4 Å². The van der Waals surface area contributed by atoms with Crippen LogP contribution in [0.15, 0.2) is 87.5 Å². The van der Waals surface area contributed by atoms with Crippen LogP contribution in [0.25, 0.3) is 0 Å². The average molecular weight is 1130 g/mol. The fourth-order valence-electron chi connectivity index (χ4n) is 6.53. The minimum Gasteiger partial charge on any atom is -0.378 e. The second-order valence-electron chi connectivity index (χ2n) is 16.9. The summed E-state index contributed by atoms with van der Waals surface area (Å²) in [5, 5.41) is 34.3. The molecule has 3 aromatic rings. The third kappa shape index (κ3) is 24.9. The van der Waals surface area contributed by atoms with Crippen LogP contribution in [0.4, 0.5) is 0 Å². The minimum absolute atomic E-state index is 0.00101. The zero-order valence-corrected chi connectivity index (χ0v) is 44.1. The number of hydrogen-bond donors (Lipinski definition) is 11. The molecule has 0 unspecified atom stereocenters. The Morgan fingerprint density at radius 3 is 0.908 bits per heavy atom. The lowest BCUT2D eigenvalue weighted by atomic mass is 10.0. The predicted molar refractivity (Wildman–Crippen MR) is 274 cm³/mol. The molecular weight excluding hydrogens is 1060 g/mol. The van der Waals surface area contributed by atoms with E-state index in [9.17, 15) is 58.8 Å². The van der Waals surface area contributed by atoms with Crippen molar-refractivity contribution in [3.8, 4) is 0 Å². The first-order chi connectivity index (χ1) is 35.9. The number of primary sulfonamides is 3. The van der Waals surface area contributed by atoms with E-state index in [-0.39, 0.29) is 160 Å². The summed E-state index contributed by atoms with van der Waals surface area (Å²) in [6, 6.07) is 15.2. The number of nitrogens with one attached hydrogen (secondary N) is 7. The second kappa shape index (κ2) is 32.2. The molecule has 420 valence electrons. The molecule has 0 saturated heterocycles. The van der Waals surface area contributed by atoms with Gasteiger partial charge in [0, 0.05) is 88.2 Å². The summed E-state index contributed by atoms with van der Waals surface area (Å²) >= 11 is 0. The Bertz CT molecular complexity index is 2470. The minimum atomic E-state index is -3.92. The summed E-state index contributed by atoms with van der Waals surface area (Å²) in [4.78, 5) is 87.9. The molecule has 0 saturated carbocycles. The molecule has 0 aromatic heterocycles. The van der Waals surface area contributed by atoms with Crippen LogP contribution in [0, 0.1) is 0 Å². The maximum atomic E-state index is 13.0. The van der Waals surface area contributed by atoms with Crippen LogP contribution >= 0.6 is 0 Å². The molecule has 3 aromatic carbocycles. The summed E-state index contributed by atoms with van der Waals surface area (Å²) in [6.07, 6.45) is 0.684. The van der Waals surface area contributed by atoms with Crippen LogP contribution in [-0.4, -0.2) is 158 Å². The zero-order chi connectivity index (χ0) is 56.2. The number of carbonyl (C=O) groups is 7. The van der Waals surface area contributed by atoms with Gasteiger partial charge in [0.05, 0.1) is 54.3 Å². The van der Waals surface area contributed by atoms with Gasteiger partial charge < -0.3 is 57.2 Å². The van der Waals surface area contributed by atoms with E-state index in [1.807, 2.05) is 0 Å². The van der Waals surface area contributed by atoms with Crippen molar-refractivity contribution in [1.29, 1.82) is 0 Å². The number of carbonyl (C=O) groups excluding carboxylic acids is 7. The van der Waals surface area contributed by atoms with Crippen molar-refractivity contribution in [2.75, 3.05) is 85.5 Å². The van der Waals surface area contributed by atoms with Crippen molar-refractivity contribution in [2.45, 2.75) is 65.2 Å². The van der Waals surface area contributed by atoms with Crippen molar-refractivity contribution in [3.63, 3.8) is 0 Å². The molecule has 0 fully saturated rings. The van der Waals surface area contributed by atoms with Gasteiger partial charge in [-0.25, -0.2) is 40.7 Å². The number of hydrogen-bond acceptors (Lipinski definition) is 17. The molecule has 0 aliphatic heterocycles. The number of sulfonamides is 3. The molecule has 0 heterocycles. The normalized spacial score (nSPS) is 11.7. The molecule has 7 amide bonds. The van der Waals surface area contributed by atoms with Crippen LogP contribution in [0.2, 0.25) is 0 Å². The standard InChI is InChI=1S/C46H67N11O16S3/c47-20-16-42(61)57-46(30-71-27-17-39(58)51-21-1-24-54-43(62)33-4-10-36(11-5-33)74(48,65)66,31-72-28-18-40(59)52-22-2-25-55-44(63)34-6-12-37(13-7-34)75(49,67)68)32-73-29-19-41(60)53-23-3-26-56-45(64)35-8-14-38(15-9-35)76(50,69)70/h4-15H,1-3,16-32,47H2,(H,51,58)(H,52,59)(H,53,60)(H,54,62)(H,55,63)(H,56,64)(H,57,61)(H2,48,65,66)(H2,49,67,68)(H2,50,69,70). The summed E-state index contributed by atoms with van der Waals surface area (Å²) < 4.78 is 86.5. The highest BCUT2D eigenvalue weighted by atomic mass is 32.2. The Morgan fingerprint density at radius 2 is 0.658 bits per heavy atom. The Morgan fingerprint density at radius 1 is 0.395 bits per heavy atom. The van der Waals surface area contributed by atoms with Gasteiger partial charge in [-0.1, -0.05) is 0 Å². The van der Waals surface area contributed by atoms with Gasteiger partial charge >= 0.3 is 0 Å². The smallest absolute Gasteiger partial charge is 0.251 e. The third-order valence-electron chi connectivity index (χ3n) is 10.6. The Labute approximate surface area is 441 Å². The van der Waals surface area contributed by atoms with Crippen molar-refractivity contribution in [1.82, 2.24) is 37.2 Å². The first-order valence-electron chi connectivity index (χ1n) is 23.7. The van der Waals surface area contributed by atoms with E-state index >= 15 is 0 Å². The molecule has 30 heteroatoms. The number of amides is 7. The quantitative estimate of drug-likeness (QED) is 0.0261. The average Bonchev–Trinajstić information content (AvgIpc) is 3.36. The monoisotopic (exact) mass is 1130 g/mol. The Balaban J connectivity index is 1.49. The van der Waals surface area contributed by atoms with Crippen molar-refractivity contribution < 1.29 is 73.0 Å². The van der Waals surface area contributed by atoms with E-state index in [2.05, 4.69) is 37.2 Å². The van der Waals surface area contributed by atoms with E-state index in [0.29, 0.717) is 19.3 Å². The molecule has 0 aliphatic carbocycles. The van der Waals surface area contributed by atoms with Crippen molar-refractivity contribution in [3.05, 3.63) is 89.5 Å². The lowest BCUT2D eigenvalue weighted by Crippen LogP contribution is -2.59. The van der Waals surface area contributed by atoms with Crippen molar-refractivity contribution in [2.24, 2.45) is 21.2 Å². The lowest BCUT2D eigenvalue weighted by Gasteiger charge is -2.34. The lowest BCUT2D eigenvalue weighted by molar-refractivity contribution is -0.130. The van der Waals surface area contributed by atoms with Gasteiger partial charge in [0.2, 0.25) is 53.7 Å². The van der Waals surface area contributed by atoms with Crippen LogP contribution in [-0.2, 0) is 63.5 Å². The summed E-state index contributed by atoms with van der Waals surface area (Å²) in [7, 11) is -11.8. The SMILES string of the molecule is NCCC(=O)NC(COCCC(=O)NCCCNC(=O)c1ccc(S(N)(=O)=O)cc1)(COCCC(=O)NCCCNC(=O)c1ccc(S(N)(=O)=O)cc1)COCCC(=O)NCCCNC(=O)c1ccc(S(N)(=O)=O)cc1. The molecule has 3 rings (SSSR count). The summed E-state index contributed by atoms with van der Waals surface area (Å²) in [5.41, 5.74) is 4.89. The van der Waals surface area contributed by atoms with Gasteiger partial charge in [0.1, 0.15) is 5.54 Å². The predicted octanol–water partition coefficient (Wildman–Crippen LogP) is -2.84. The molecule has 27 nitrogen and oxygen atoms in total. The molecule has 0 radical (unpaired) electrons. The Kier molecular flexibility index (Phi) is 27.0. The third-order valence-corrected chi connectivity index (χ3v) is 13.3. The first kappa shape index (κ1) is 63.8. The molecule has 76 heavy (non-hydrogen) atoms. The largest absolute Gasteiger partial charge is 0.378 e. The molecule has 0 atom stereocenters. The van der Waals surface area contributed by atoms with E-state index in [4.69, 9.17) is 35.4 Å². The van der Waals surface area contributed by atoms with Crippen LogP contribution < -0.4 is 58.4 Å². The van der Waals surface area contributed by atoms with Crippen LogP contribution in [0.5, 0.6) is 0 Å². The number of rotatable bonds is 36. The highest BCUT2D eigenvalue weighted by molar-refractivity contribution is 7.89. The highest BCUT2D eigenvalue weighted by Crippen LogP contribution is 2.13. The topological polar surface area (TPSA) is 438 Å². The molecule has 0 bridgehead atoms. The summed E-state index contributed by atoms with van der Waals surface area (Å²) in [6.45, 7) is 0.0737. The van der Waals surface area contributed by atoms with Gasteiger partial charge in [0.25, 0.3) is 17.7 Å². The molecule has 0 spiro atoms. The van der Waals surface area contributed by atoms with Crippen LogP contribution in [0.3, 0.4) is 0 Å². The fraction of sp³-hybridized carbons (Fsp3) is 0.457. The number of ether oxygens (including phenoxy) is 3. The second-order valence-corrected chi connectivity index (χ2v) is 21.5. The van der Waals surface area contributed by atoms with Gasteiger partial charge in [-0.05, 0) is 92.1 Å². The maximum Gasteiger partial charge on any atom is 0.251 e. The molecule has 15 N–H and O–H groups in total. The number of benzene rings is 3. The highest BCUT2D eigenvalue weighted by Gasteiger charge is 2.34. The number of nitrogens with two attached hydrogens (primary N) is 4. The summed E-state index contributed by atoms with van der Waals surface area (Å²) in [5.74, 6) is -3.00. The molecule has 0 aliphatic rings.